The summed E-state index contributed by atoms with van der Waals surface area (Å²) in [5.74, 6) is -0.821. The van der Waals surface area contributed by atoms with E-state index >= 15 is 0 Å². The minimum atomic E-state index is -3.96. The van der Waals surface area contributed by atoms with Crippen molar-refractivity contribution < 1.29 is 22.7 Å². The summed E-state index contributed by atoms with van der Waals surface area (Å²) < 4.78 is 33.4. The van der Waals surface area contributed by atoms with Crippen LogP contribution in [0.5, 0.6) is 0 Å². The van der Waals surface area contributed by atoms with Crippen LogP contribution in [0.4, 0.5) is 5.69 Å². The van der Waals surface area contributed by atoms with Gasteiger partial charge in [-0.25, -0.2) is 8.42 Å². The standard InChI is InChI=1S/C26H27ClN2O5S/c1-2-34-25(30)18-20-8-13-22(14-9-20)28-26(31)24(17-10-19-6-4-3-5-7-19)29-35(32,33)23-15-11-21(27)12-16-23/h3-9,11-16,24,29H,2,10,17-18H2,1H3,(H,28,31). The molecule has 0 spiro atoms. The van der Waals surface area contributed by atoms with Gasteiger partial charge in [0.05, 0.1) is 17.9 Å². The van der Waals surface area contributed by atoms with Crippen LogP contribution >= 0.6 is 11.6 Å². The number of sulfonamides is 1. The first kappa shape index (κ1) is 26.4. The van der Waals surface area contributed by atoms with Gasteiger partial charge in [-0.15, -0.1) is 0 Å². The zero-order valence-electron chi connectivity index (χ0n) is 19.2. The summed E-state index contributed by atoms with van der Waals surface area (Å²) >= 11 is 5.88. The summed E-state index contributed by atoms with van der Waals surface area (Å²) in [4.78, 5) is 24.8. The molecule has 35 heavy (non-hydrogen) atoms. The summed E-state index contributed by atoms with van der Waals surface area (Å²) in [6, 6.07) is 21.0. The highest BCUT2D eigenvalue weighted by atomic mass is 35.5. The van der Waals surface area contributed by atoms with Crippen LogP contribution < -0.4 is 10.0 Å². The van der Waals surface area contributed by atoms with Crippen LogP contribution in [0.2, 0.25) is 5.02 Å². The van der Waals surface area contributed by atoms with Crippen molar-refractivity contribution in [3.63, 3.8) is 0 Å². The number of halogens is 1. The molecule has 0 aliphatic carbocycles. The number of benzene rings is 3. The van der Waals surface area contributed by atoms with E-state index in [4.69, 9.17) is 16.3 Å². The van der Waals surface area contributed by atoms with E-state index in [0.29, 0.717) is 23.7 Å². The molecule has 7 nitrogen and oxygen atoms in total. The monoisotopic (exact) mass is 514 g/mol. The van der Waals surface area contributed by atoms with Crippen molar-refractivity contribution in [1.82, 2.24) is 4.72 Å². The summed E-state index contributed by atoms with van der Waals surface area (Å²) in [7, 11) is -3.96. The Hall–Kier alpha value is -3.20. The predicted molar refractivity (Wildman–Crippen MR) is 136 cm³/mol. The second-order valence-corrected chi connectivity index (χ2v) is 9.97. The lowest BCUT2D eigenvalue weighted by Gasteiger charge is -2.19. The Bertz CT molecular complexity index is 1230. The van der Waals surface area contributed by atoms with Gasteiger partial charge in [-0.1, -0.05) is 54.1 Å². The number of amides is 1. The second kappa shape index (κ2) is 12.5. The molecule has 0 radical (unpaired) electrons. The van der Waals surface area contributed by atoms with Gasteiger partial charge in [0, 0.05) is 10.7 Å². The largest absolute Gasteiger partial charge is 0.466 e. The highest BCUT2D eigenvalue weighted by molar-refractivity contribution is 7.89. The maximum Gasteiger partial charge on any atom is 0.310 e. The van der Waals surface area contributed by atoms with Crippen molar-refractivity contribution >= 4 is 39.2 Å². The number of anilines is 1. The Kier molecular flexibility index (Phi) is 9.42. The van der Waals surface area contributed by atoms with Crippen LogP contribution in [0.3, 0.4) is 0 Å². The van der Waals surface area contributed by atoms with Gasteiger partial charge >= 0.3 is 5.97 Å². The summed E-state index contributed by atoms with van der Waals surface area (Å²) in [6.45, 7) is 2.05. The fourth-order valence-corrected chi connectivity index (χ4v) is 4.74. The normalized spacial score (nSPS) is 12.1. The quantitative estimate of drug-likeness (QED) is 0.370. The third-order valence-electron chi connectivity index (χ3n) is 5.18. The molecule has 1 atom stereocenters. The van der Waals surface area contributed by atoms with E-state index in [0.717, 1.165) is 11.1 Å². The first-order valence-corrected chi connectivity index (χ1v) is 13.0. The van der Waals surface area contributed by atoms with Gasteiger partial charge in [0.15, 0.2) is 0 Å². The molecule has 0 heterocycles. The van der Waals surface area contributed by atoms with Gasteiger partial charge in [-0.3, -0.25) is 9.59 Å². The van der Waals surface area contributed by atoms with E-state index in [1.54, 1.807) is 31.2 Å². The Morgan fingerprint density at radius 3 is 2.20 bits per heavy atom. The number of nitrogens with one attached hydrogen (secondary N) is 2. The molecule has 9 heteroatoms. The van der Waals surface area contributed by atoms with Crippen molar-refractivity contribution in [2.24, 2.45) is 0 Å². The van der Waals surface area contributed by atoms with Crippen LogP contribution in [-0.4, -0.2) is 32.9 Å². The summed E-state index contributed by atoms with van der Waals surface area (Å²) in [6.07, 6.45) is 0.882. The van der Waals surface area contributed by atoms with E-state index in [-0.39, 0.29) is 23.7 Å². The number of esters is 1. The third kappa shape index (κ3) is 8.20. The average Bonchev–Trinajstić information content (AvgIpc) is 2.84. The lowest BCUT2D eigenvalue weighted by atomic mass is 10.1. The SMILES string of the molecule is CCOC(=O)Cc1ccc(NC(=O)C(CCc2ccccc2)NS(=O)(=O)c2ccc(Cl)cc2)cc1. The molecule has 0 saturated heterocycles. The van der Waals surface area contributed by atoms with Crippen LogP contribution in [0.1, 0.15) is 24.5 Å². The van der Waals surface area contributed by atoms with Crippen molar-refractivity contribution in [3.05, 3.63) is 95.0 Å². The van der Waals surface area contributed by atoms with Crippen LogP contribution in [0, 0.1) is 0 Å². The molecule has 2 N–H and O–H groups in total. The number of carbonyl (C=O) groups excluding carboxylic acids is 2. The molecule has 0 bridgehead atoms. The number of hydrogen-bond donors (Lipinski definition) is 2. The molecular weight excluding hydrogens is 488 g/mol. The Morgan fingerprint density at radius 1 is 0.914 bits per heavy atom. The minimum absolute atomic E-state index is 0.0164. The smallest absolute Gasteiger partial charge is 0.310 e. The molecule has 0 fully saturated rings. The maximum atomic E-state index is 13.1. The topological polar surface area (TPSA) is 102 Å². The van der Waals surface area contributed by atoms with Gasteiger partial charge in [0.1, 0.15) is 6.04 Å². The molecule has 3 aromatic rings. The number of aryl methyl sites for hydroxylation is 1. The zero-order chi connectivity index (χ0) is 25.3. The number of carbonyl (C=O) groups is 2. The van der Waals surface area contributed by atoms with Crippen LogP contribution in [-0.2, 0) is 37.2 Å². The Morgan fingerprint density at radius 2 is 1.57 bits per heavy atom. The van der Waals surface area contributed by atoms with Gasteiger partial charge in [-0.05, 0) is 67.3 Å². The molecule has 184 valence electrons. The lowest BCUT2D eigenvalue weighted by molar-refractivity contribution is -0.142. The second-order valence-electron chi connectivity index (χ2n) is 7.82. The third-order valence-corrected chi connectivity index (χ3v) is 6.92. The van der Waals surface area contributed by atoms with Crippen molar-refractivity contribution in [2.75, 3.05) is 11.9 Å². The first-order chi connectivity index (χ1) is 16.8. The van der Waals surface area contributed by atoms with E-state index in [1.807, 2.05) is 30.3 Å². The molecule has 0 aromatic heterocycles. The van der Waals surface area contributed by atoms with Crippen molar-refractivity contribution in [2.45, 2.75) is 37.1 Å². The van der Waals surface area contributed by atoms with Crippen molar-refractivity contribution in [3.8, 4) is 0 Å². The van der Waals surface area contributed by atoms with E-state index in [9.17, 15) is 18.0 Å². The fourth-order valence-electron chi connectivity index (χ4n) is 3.38. The number of hydrogen-bond acceptors (Lipinski definition) is 5. The summed E-state index contributed by atoms with van der Waals surface area (Å²) in [5.41, 5.74) is 2.21. The first-order valence-electron chi connectivity index (χ1n) is 11.1. The van der Waals surface area contributed by atoms with Gasteiger partial charge < -0.3 is 10.1 Å². The number of ether oxygens (including phenoxy) is 1. The zero-order valence-corrected chi connectivity index (χ0v) is 20.8. The average molecular weight is 515 g/mol. The van der Waals surface area contributed by atoms with Gasteiger partial charge in [0.2, 0.25) is 15.9 Å². The van der Waals surface area contributed by atoms with Crippen LogP contribution in [0.15, 0.2) is 83.8 Å². The molecule has 0 aliphatic heterocycles. The molecule has 1 unspecified atom stereocenters. The molecule has 1 amide bonds. The highest BCUT2D eigenvalue weighted by Crippen LogP contribution is 2.17. The van der Waals surface area contributed by atoms with E-state index in [2.05, 4.69) is 10.0 Å². The van der Waals surface area contributed by atoms with Crippen molar-refractivity contribution in [1.29, 1.82) is 0 Å². The molecule has 0 saturated carbocycles. The van der Waals surface area contributed by atoms with E-state index in [1.165, 1.54) is 24.3 Å². The molecular formula is C26H27ClN2O5S. The van der Waals surface area contributed by atoms with Crippen LogP contribution in [0.25, 0.3) is 0 Å². The predicted octanol–water partition coefficient (Wildman–Crippen LogP) is 4.36. The molecule has 3 rings (SSSR count). The minimum Gasteiger partial charge on any atom is -0.466 e. The summed E-state index contributed by atoms with van der Waals surface area (Å²) in [5, 5.41) is 3.17. The number of rotatable bonds is 11. The highest BCUT2D eigenvalue weighted by Gasteiger charge is 2.26. The van der Waals surface area contributed by atoms with Gasteiger partial charge in [0.25, 0.3) is 0 Å². The van der Waals surface area contributed by atoms with Gasteiger partial charge in [-0.2, -0.15) is 4.72 Å². The molecule has 0 aliphatic rings. The lowest BCUT2D eigenvalue weighted by Crippen LogP contribution is -2.44. The Labute approximate surface area is 210 Å². The maximum absolute atomic E-state index is 13.1. The Balaban J connectivity index is 1.74. The van der Waals surface area contributed by atoms with E-state index < -0.39 is 22.0 Å². The molecule has 3 aromatic carbocycles. The fraction of sp³-hybridized carbons (Fsp3) is 0.231.